The first-order chi connectivity index (χ1) is 11.8. The highest BCUT2D eigenvalue weighted by Crippen LogP contribution is 2.17. The zero-order valence-corrected chi connectivity index (χ0v) is 14.7. The van der Waals surface area contributed by atoms with Crippen LogP contribution in [0.1, 0.15) is 44.2 Å². The van der Waals surface area contributed by atoms with Gasteiger partial charge in [-0.2, -0.15) is 0 Å². The summed E-state index contributed by atoms with van der Waals surface area (Å²) in [5.41, 5.74) is 1.16. The predicted octanol–water partition coefficient (Wildman–Crippen LogP) is 1.61. The molecular weight excluding hydrogens is 302 g/mol. The van der Waals surface area contributed by atoms with Gasteiger partial charge >= 0.3 is 0 Å². The highest BCUT2D eigenvalue weighted by atomic mass is 16.2. The standard InChI is InChI=1S/C18H31N5O/c24-18(14-22-7-4-2-1-3-5-8-22)20-10-16-6-9-23(12-16)13-17-11-19-15-21-17/h11,15-16H,1-10,12-14H2,(H,19,21)(H,20,24). The van der Waals surface area contributed by atoms with Gasteiger partial charge in [-0.25, -0.2) is 4.98 Å². The van der Waals surface area contributed by atoms with E-state index in [-0.39, 0.29) is 5.91 Å². The molecular formula is C18H31N5O. The lowest BCUT2D eigenvalue weighted by Crippen LogP contribution is -2.40. The van der Waals surface area contributed by atoms with Crippen molar-refractivity contribution in [3.05, 3.63) is 18.2 Å². The fourth-order valence-electron chi connectivity index (χ4n) is 3.82. The van der Waals surface area contributed by atoms with Crippen molar-refractivity contribution in [2.75, 3.05) is 39.3 Å². The van der Waals surface area contributed by atoms with Gasteiger partial charge in [-0.15, -0.1) is 0 Å². The molecule has 24 heavy (non-hydrogen) atoms. The Morgan fingerprint density at radius 1 is 1.17 bits per heavy atom. The Bertz CT molecular complexity index is 482. The molecule has 6 nitrogen and oxygen atoms in total. The summed E-state index contributed by atoms with van der Waals surface area (Å²) >= 11 is 0. The van der Waals surface area contributed by atoms with Gasteiger partial charge in [-0.1, -0.05) is 19.3 Å². The van der Waals surface area contributed by atoms with E-state index in [2.05, 4.69) is 25.1 Å². The molecule has 2 aliphatic rings. The Kier molecular flexibility index (Phi) is 6.66. The molecule has 1 atom stereocenters. The maximum atomic E-state index is 12.2. The van der Waals surface area contributed by atoms with Crippen LogP contribution in [0.25, 0.3) is 0 Å². The van der Waals surface area contributed by atoms with Gasteiger partial charge in [-0.05, 0) is 44.8 Å². The minimum atomic E-state index is 0.197. The smallest absolute Gasteiger partial charge is 0.234 e. The summed E-state index contributed by atoms with van der Waals surface area (Å²) in [6.07, 6.45) is 11.2. The SMILES string of the molecule is O=C(CN1CCCCCCC1)NCC1CCN(Cc2cnc[nH]2)C1. The maximum Gasteiger partial charge on any atom is 0.234 e. The van der Waals surface area contributed by atoms with Crippen LogP contribution in [0, 0.1) is 5.92 Å². The van der Waals surface area contributed by atoms with Crippen molar-refractivity contribution in [2.24, 2.45) is 5.92 Å². The average molecular weight is 333 g/mol. The van der Waals surface area contributed by atoms with Gasteiger partial charge in [-0.3, -0.25) is 14.6 Å². The first-order valence-corrected chi connectivity index (χ1v) is 9.48. The highest BCUT2D eigenvalue weighted by Gasteiger charge is 2.23. The lowest BCUT2D eigenvalue weighted by atomic mass is 10.1. The van der Waals surface area contributed by atoms with Crippen molar-refractivity contribution in [1.29, 1.82) is 0 Å². The number of carbonyl (C=O) groups excluding carboxylic acids is 1. The third-order valence-electron chi connectivity index (χ3n) is 5.22. The van der Waals surface area contributed by atoms with Crippen LogP contribution in [0.4, 0.5) is 0 Å². The van der Waals surface area contributed by atoms with Gasteiger partial charge in [0.25, 0.3) is 0 Å². The van der Waals surface area contributed by atoms with Crippen LogP contribution < -0.4 is 5.32 Å². The van der Waals surface area contributed by atoms with Crippen molar-refractivity contribution < 1.29 is 4.79 Å². The molecule has 2 aliphatic heterocycles. The molecule has 0 radical (unpaired) electrons. The number of nitrogens with zero attached hydrogens (tertiary/aromatic N) is 3. The minimum Gasteiger partial charge on any atom is -0.355 e. The zero-order chi connectivity index (χ0) is 16.6. The van der Waals surface area contributed by atoms with Gasteiger partial charge in [0.05, 0.1) is 12.9 Å². The molecule has 2 fully saturated rings. The van der Waals surface area contributed by atoms with E-state index in [9.17, 15) is 4.79 Å². The van der Waals surface area contributed by atoms with Crippen LogP contribution in [0.5, 0.6) is 0 Å². The lowest BCUT2D eigenvalue weighted by Gasteiger charge is -2.24. The Morgan fingerprint density at radius 2 is 1.96 bits per heavy atom. The average Bonchev–Trinajstić information content (AvgIpc) is 3.20. The number of hydrogen-bond donors (Lipinski definition) is 2. The Labute approximate surface area is 145 Å². The molecule has 2 N–H and O–H groups in total. The first kappa shape index (κ1) is 17.4. The lowest BCUT2D eigenvalue weighted by molar-refractivity contribution is -0.122. The fourth-order valence-corrected chi connectivity index (χ4v) is 3.82. The van der Waals surface area contributed by atoms with Gasteiger partial charge in [0.15, 0.2) is 0 Å². The summed E-state index contributed by atoms with van der Waals surface area (Å²) in [6.45, 7) is 6.63. The third-order valence-corrected chi connectivity index (χ3v) is 5.22. The van der Waals surface area contributed by atoms with Gasteiger partial charge < -0.3 is 10.3 Å². The van der Waals surface area contributed by atoms with E-state index in [1.54, 1.807) is 6.33 Å². The van der Waals surface area contributed by atoms with Crippen molar-refractivity contribution >= 4 is 5.91 Å². The van der Waals surface area contributed by atoms with Crippen molar-refractivity contribution in [3.63, 3.8) is 0 Å². The monoisotopic (exact) mass is 333 g/mol. The quantitative estimate of drug-likeness (QED) is 0.830. The van der Waals surface area contributed by atoms with Gasteiger partial charge in [0.1, 0.15) is 0 Å². The summed E-state index contributed by atoms with van der Waals surface area (Å²) in [4.78, 5) is 24.2. The number of imidazole rings is 1. The van der Waals surface area contributed by atoms with Gasteiger partial charge in [0, 0.05) is 31.5 Å². The number of nitrogens with one attached hydrogen (secondary N) is 2. The molecule has 0 aliphatic carbocycles. The topological polar surface area (TPSA) is 64.3 Å². The number of hydrogen-bond acceptors (Lipinski definition) is 4. The van der Waals surface area contributed by atoms with E-state index in [0.717, 1.165) is 51.4 Å². The predicted molar refractivity (Wildman–Crippen MR) is 94.5 cm³/mol. The number of likely N-dealkylation sites (tertiary alicyclic amines) is 2. The molecule has 6 heteroatoms. The third kappa shape index (κ3) is 5.60. The van der Waals surface area contributed by atoms with E-state index in [1.807, 2.05) is 6.20 Å². The van der Waals surface area contributed by atoms with Crippen LogP contribution in [0.15, 0.2) is 12.5 Å². The van der Waals surface area contributed by atoms with E-state index in [0.29, 0.717) is 12.5 Å². The van der Waals surface area contributed by atoms with Crippen LogP contribution in [-0.4, -0.2) is 64.9 Å². The van der Waals surface area contributed by atoms with Gasteiger partial charge in [0.2, 0.25) is 5.91 Å². The molecule has 0 bridgehead atoms. The van der Waals surface area contributed by atoms with E-state index in [1.165, 1.54) is 32.1 Å². The molecule has 3 rings (SSSR count). The summed E-state index contributed by atoms with van der Waals surface area (Å²) < 4.78 is 0. The molecule has 1 unspecified atom stereocenters. The van der Waals surface area contributed by atoms with Crippen molar-refractivity contribution in [2.45, 2.75) is 45.1 Å². The van der Waals surface area contributed by atoms with Crippen LogP contribution >= 0.6 is 0 Å². The van der Waals surface area contributed by atoms with E-state index < -0.39 is 0 Å². The van der Waals surface area contributed by atoms with Crippen LogP contribution in [0.2, 0.25) is 0 Å². The molecule has 2 saturated heterocycles. The van der Waals surface area contributed by atoms with E-state index in [4.69, 9.17) is 0 Å². The number of aromatic amines is 1. The Morgan fingerprint density at radius 3 is 2.71 bits per heavy atom. The largest absolute Gasteiger partial charge is 0.355 e. The molecule has 1 aromatic heterocycles. The number of amides is 1. The van der Waals surface area contributed by atoms with Crippen molar-refractivity contribution in [1.82, 2.24) is 25.1 Å². The summed E-state index contributed by atoms with van der Waals surface area (Å²) in [5, 5.41) is 3.16. The second kappa shape index (κ2) is 9.18. The van der Waals surface area contributed by atoms with E-state index >= 15 is 0 Å². The molecule has 0 saturated carbocycles. The molecule has 1 amide bonds. The van der Waals surface area contributed by atoms with Crippen LogP contribution in [0.3, 0.4) is 0 Å². The molecule has 3 heterocycles. The number of carbonyl (C=O) groups is 1. The summed E-state index contributed by atoms with van der Waals surface area (Å²) in [7, 11) is 0. The normalized spacial score (nSPS) is 23.8. The number of aromatic nitrogens is 2. The summed E-state index contributed by atoms with van der Waals surface area (Å²) in [6, 6.07) is 0. The number of H-pyrrole nitrogens is 1. The molecule has 0 spiro atoms. The minimum absolute atomic E-state index is 0.197. The summed E-state index contributed by atoms with van der Waals surface area (Å²) in [5.74, 6) is 0.770. The number of rotatable bonds is 6. The molecule has 0 aromatic carbocycles. The second-order valence-corrected chi connectivity index (χ2v) is 7.31. The maximum absolute atomic E-state index is 12.2. The second-order valence-electron chi connectivity index (χ2n) is 7.31. The molecule has 1 aromatic rings. The van der Waals surface area contributed by atoms with Crippen molar-refractivity contribution in [3.8, 4) is 0 Å². The Balaban J connectivity index is 1.32. The zero-order valence-electron chi connectivity index (χ0n) is 14.7. The first-order valence-electron chi connectivity index (χ1n) is 9.48. The Hall–Kier alpha value is -1.40. The van der Waals surface area contributed by atoms with Crippen LogP contribution in [-0.2, 0) is 11.3 Å². The fraction of sp³-hybridized carbons (Fsp3) is 0.778. The highest BCUT2D eigenvalue weighted by molar-refractivity contribution is 5.78. The molecule has 134 valence electrons.